The maximum absolute atomic E-state index is 12.3. The molecule has 2 rings (SSSR count). The van der Waals surface area contributed by atoms with Gasteiger partial charge in [-0.05, 0) is 31.5 Å². The largest absolute Gasteiger partial charge is 0.480 e. The number of urea groups is 1. The summed E-state index contributed by atoms with van der Waals surface area (Å²) >= 11 is 11.9. The van der Waals surface area contributed by atoms with E-state index >= 15 is 0 Å². The van der Waals surface area contributed by atoms with Crippen molar-refractivity contribution in [2.75, 3.05) is 6.54 Å². The van der Waals surface area contributed by atoms with E-state index in [1.807, 2.05) is 32.0 Å². The van der Waals surface area contributed by atoms with E-state index in [-0.39, 0.29) is 28.7 Å². The SMILES string of the molecule is Cc1cc(C)cc(CNC(=O)NC[C@H](NC(=O)c2c(Cl)cccc2Cl)C(=O)O)c1. The highest BCUT2D eigenvalue weighted by atomic mass is 35.5. The molecule has 0 aliphatic rings. The topological polar surface area (TPSA) is 108 Å². The second kappa shape index (κ2) is 10.1. The van der Waals surface area contributed by atoms with Gasteiger partial charge in [0, 0.05) is 6.54 Å². The molecule has 0 aromatic heterocycles. The lowest BCUT2D eigenvalue weighted by molar-refractivity contribution is -0.139. The monoisotopic (exact) mass is 437 g/mol. The van der Waals surface area contributed by atoms with Crippen molar-refractivity contribution in [3.63, 3.8) is 0 Å². The molecule has 9 heteroatoms. The summed E-state index contributed by atoms with van der Waals surface area (Å²) in [4.78, 5) is 35.8. The molecule has 0 radical (unpaired) electrons. The van der Waals surface area contributed by atoms with Crippen molar-refractivity contribution < 1.29 is 19.5 Å². The van der Waals surface area contributed by atoms with E-state index in [0.29, 0.717) is 0 Å². The fourth-order valence-electron chi connectivity index (χ4n) is 2.76. The summed E-state index contributed by atoms with van der Waals surface area (Å²) in [5.74, 6) is -2.05. The summed E-state index contributed by atoms with van der Waals surface area (Å²) in [6.45, 7) is 3.89. The van der Waals surface area contributed by atoms with E-state index in [1.165, 1.54) is 12.1 Å². The molecule has 0 bridgehead atoms. The van der Waals surface area contributed by atoms with Gasteiger partial charge in [-0.2, -0.15) is 0 Å². The number of carbonyl (C=O) groups is 3. The van der Waals surface area contributed by atoms with Crippen LogP contribution in [0.1, 0.15) is 27.0 Å². The molecule has 29 heavy (non-hydrogen) atoms. The Balaban J connectivity index is 1.92. The number of aryl methyl sites for hydroxylation is 2. The minimum absolute atomic E-state index is 0.0265. The number of carbonyl (C=O) groups excluding carboxylic acids is 2. The molecule has 1 atom stereocenters. The highest BCUT2D eigenvalue weighted by molar-refractivity contribution is 6.39. The number of halogens is 2. The number of hydrogen-bond donors (Lipinski definition) is 4. The van der Waals surface area contributed by atoms with Crippen LogP contribution in [0.25, 0.3) is 0 Å². The molecular formula is C20H21Cl2N3O4. The predicted molar refractivity (Wildman–Crippen MR) is 112 cm³/mol. The summed E-state index contributed by atoms with van der Waals surface area (Å²) in [7, 11) is 0. The first-order chi connectivity index (χ1) is 13.7. The van der Waals surface area contributed by atoms with Crippen molar-refractivity contribution in [2.24, 2.45) is 0 Å². The Morgan fingerprint density at radius 3 is 2.14 bits per heavy atom. The van der Waals surface area contributed by atoms with Crippen LogP contribution in [0.4, 0.5) is 4.79 Å². The van der Waals surface area contributed by atoms with Crippen molar-refractivity contribution in [1.29, 1.82) is 0 Å². The lowest BCUT2D eigenvalue weighted by atomic mass is 10.1. The number of rotatable bonds is 7. The Hall–Kier alpha value is -2.77. The molecule has 0 unspecified atom stereocenters. The molecule has 0 aliphatic heterocycles. The smallest absolute Gasteiger partial charge is 0.328 e. The molecule has 0 spiro atoms. The molecule has 2 aromatic carbocycles. The van der Waals surface area contributed by atoms with Crippen LogP contribution in [0.2, 0.25) is 10.0 Å². The van der Waals surface area contributed by atoms with Gasteiger partial charge in [0.1, 0.15) is 6.04 Å². The molecule has 2 aromatic rings. The predicted octanol–water partition coefficient (Wildman–Crippen LogP) is 3.29. The molecule has 3 amide bonds. The molecule has 0 saturated heterocycles. The Morgan fingerprint density at radius 2 is 1.59 bits per heavy atom. The lowest BCUT2D eigenvalue weighted by Crippen LogP contribution is -2.50. The number of nitrogens with one attached hydrogen (secondary N) is 3. The van der Waals surface area contributed by atoms with Crippen LogP contribution in [-0.4, -0.2) is 35.6 Å². The quantitative estimate of drug-likeness (QED) is 0.532. The third-order valence-electron chi connectivity index (χ3n) is 3.99. The molecule has 4 N–H and O–H groups in total. The van der Waals surface area contributed by atoms with Gasteiger partial charge in [-0.3, -0.25) is 4.79 Å². The van der Waals surface area contributed by atoms with Gasteiger partial charge in [0.15, 0.2) is 0 Å². The Kier molecular flexibility index (Phi) is 7.87. The van der Waals surface area contributed by atoms with E-state index in [1.54, 1.807) is 6.07 Å². The summed E-state index contributed by atoms with van der Waals surface area (Å²) in [5.41, 5.74) is 3.05. The van der Waals surface area contributed by atoms with Gasteiger partial charge in [-0.1, -0.05) is 58.6 Å². The number of benzene rings is 2. The first-order valence-corrected chi connectivity index (χ1v) is 9.49. The standard InChI is InChI=1S/C20H21Cl2N3O4/c1-11-6-12(2)8-13(7-11)9-23-20(29)24-10-16(19(27)28)25-18(26)17-14(21)4-3-5-15(17)22/h3-8,16H,9-10H2,1-2H3,(H,25,26)(H,27,28)(H2,23,24,29)/t16-/m0/s1. The zero-order valence-corrected chi connectivity index (χ0v) is 17.4. The minimum atomic E-state index is -1.36. The van der Waals surface area contributed by atoms with E-state index in [0.717, 1.165) is 16.7 Å². The van der Waals surface area contributed by atoms with Gasteiger partial charge in [0.05, 0.1) is 22.2 Å². The molecular weight excluding hydrogens is 417 g/mol. The van der Waals surface area contributed by atoms with E-state index in [2.05, 4.69) is 16.0 Å². The highest BCUT2D eigenvalue weighted by Gasteiger charge is 2.24. The van der Waals surface area contributed by atoms with E-state index in [4.69, 9.17) is 23.2 Å². The van der Waals surface area contributed by atoms with Gasteiger partial charge in [-0.25, -0.2) is 9.59 Å². The van der Waals surface area contributed by atoms with Gasteiger partial charge < -0.3 is 21.1 Å². The fraction of sp³-hybridized carbons (Fsp3) is 0.250. The van der Waals surface area contributed by atoms with Crippen molar-refractivity contribution >= 4 is 41.1 Å². The van der Waals surface area contributed by atoms with Crippen LogP contribution in [0.15, 0.2) is 36.4 Å². The highest BCUT2D eigenvalue weighted by Crippen LogP contribution is 2.24. The summed E-state index contributed by atoms with van der Waals surface area (Å²) < 4.78 is 0. The minimum Gasteiger partial charge on any atom is -0.480 e. The van der Waals surface area contributed by atoms with Crippen molar-refractivity contribution in [3.8, 4) is 0 Å². The van der Waals surface area contributed by atoms with Crippen molar-refractivity contribution in [1.82, 2.24) is 16.0 Å². The molecule has 0 aliphatic carbocycles. The molecule has 0 fully saturated rings. The first kappa shape index (κ1) is 22.5. The number of aliphatic carboxylic acids is 1. The number of carboxylic acid groups (broad SMARTS) is 1. The Morgan fingerprint density at radius 1 is 1.00 bits per heavy atom. The second-order valence-electron chi connectivity index (χ2n) is 6.52. The van der Waals surface area contributed by atoms with Crippen molar-refractivity contribution in [3.05, 3.63) is 68.7 Å². The van der Waals surface area contributed by atoms with Crippen LogP contribution >= 0.6 is 23.2 Å². The van der Waals surface area contributed by atoms with Crippen LogP contribution < -0.4 is 16.0 Å². The molecule has 7 nitrogen and oxygen atoms in total. The average molecular weight is 438 g/mol. The second-order valence-corrected chi connectivity index (χ2v) is 7.33. The van der Waals surface area contributed by atoms with E-state index < -0.39 is 23.9 Å². The fourth-order valence-corrected chi connectivity index (χ4v) is 3.32. The number of amides is 3. The number of hydrogen-bond acceptors (Lipinski definition) is 3. The third kappa shape index (κ3) is 6.66. The molecule has 0 heterocycles. The molecule has 154 valence electrons. The van der Waals surface area contributed by atoms with Gasteiger partial charge in [0.2, 0.25) is 0 Å². The Bertz CT molecular complexity index is 893. The maximum atomic E-state index is 12.3. The first-order valence-electron chi connectivity index (χ1n) is 8.74. The summed E-state index contributed by atoms with van der Waals surface area (Å²) in [5, 5.41) is 16.9. The van der Waals surface area contributed by atoms with Gasteiger partial charge in [0.25, 0.3) is 5.91 Å². The van der Waals surface area contributed by atoms with Gasteiger partial charge >= 0.3 is 12.0 Å². The summed E-state index contributed by atoms with van der Waals surface area (Å²) in [6, 6.07) is 8.50. The average Bonchev–Trinajstić information content (AvgIpc) is 2.62. The van der Waals surface area contributed by atoms with E-state index in [9.17, 15) is 19.5 Å². The zero-order chi connectivity index (χ0) is 21.6. The van der Waals surface area contributed by atoms with Gasteiger partial charge in [-0.15, -0.1) is 0 Å². The summed E-state index contributed by atoms with van der Waals surface area (Å²) in [6.07, 6.45) is 0. The van der Waals surface area contributed by atoms with Crippen LogP contribution in [0.3, 0.4) is 0 Å². The van der Waals surface area contributed by atoms with Crippen LogP contribution in [-0.2, 0) is 11.3 Å². The zero-order valence-electron chi connectivity index (χ0n) is 15.9. The molecule has 0 saturated carbocycles. The van der Waals surface area contributed by atoms with Crippen LogP contribution in [0.5, 0.6) is 0 Å². The number of carboxylic acids is 1. The third-order valence-corrected chi connectivity index (χ3v) is 4.62. The maximum Gasteiger partial charge on any atom is 0.328 e. The lowest BCUT2D eigenvalue weighted by Gasteiger charge is -2.17. The van der Waals surface area contributed by atoms with Crippen molar-refractivity contribution in [2.45, 2.75) is 26.4 Å². The normalized spacial score (nSPS) is 11.4. The van der Waals surface area contributed by atoms with Crippen LogP contribution in [0, 0.1) is 13.8 Å². The Labute approximate surface area is 178 Å².